The van der Waals surface area contributed by atoms with E-state index in [9.17, 15) is 13.2 Å². The standard InChI is InChI=1S/C20H26N2O4S/c1-4-16(3)22(20(23)21-18-11-7-6-8-12-18)15-17-10-9-13-19(14-17)26-27(24,25)5-2/h6-14,16H,4-5,15H2,1-3H3,(H,21,23). The molecule has 0 aliphatic heterocycles. The van der Waals surface area contributed by atoms with Crippen molar-refractivity contribution in [2.75, 3.05) is 11.1 Å². The maximum absolute atomic E-state index is 12.8. The van der Waals surface area contributed by atoms with Gasteiger partial charge in [0.2, 0.25) is 0 Å². The third kappa shape index (κ3) is 6.29. The molecule has 0 aliphatic carbocycles. The van der Waals surface area contributed by atoms with Crippen LogP contribution in [-0.2, 0) is 16.7 Å². The fraction of sp³-hybridized carbons (Fsp3) is 0.350. The number of amides is 2. The number of hydrogen-bond donors (Lipinski definition) is 1. The first-order chi connectivity index (χ1) is 12.8. The van der Waals surface area contributed by atoms with Gasteiger partial charge in [0.05, 0.1) is 5.75 Å². The van der Waals surface area contributed by atoms with E-state index in [0.717, 1.165) is 17.7 Å². The molecule has 27 heavy (non-hydrogen) atoms. The second-order valence-corrected chi connectivity index (χ2v) is 8.12. The van der Waals surface area contributed by atoms with Gasteiger partial charge in [-0.15, -0.1) is 0 Å². The zero-order valence-electron chi connectivity index (χ0n) is 15.9. The Morgan fingerprint density at radius 1 is 1.11 bits per heavy atom. The summed E-state index contributed by atoms with van der Waals surface area (Å²) in [5.41, 5.74) is 1.52. The van der Waals surface area contributed by atoms with E-state index < -0.39 is 10.1 Å². The summed E-state index contributed by atoms with van der Waals surface area (Å²) in [4.78, 5) is 14.5. The maximum Gasteiger partial charge on any atom is 0.322 e. The molecule has 0 aliphatic rings. The number of carbonyl (C=O) groups is 1. The van der Waals surface area contributed by atoms with Crippen molar-refractivity contribution in [3.63, 3.8) is 0 Å². The van der Waals surface area contributed by atoms with Gasteiger partial charge in [0.25, 0.3) is 0 Å². The summed E-state index contributed by atoms with van der Waals surface area (Å²) in [6.45, 7) is 5.86. The lowest BCUT2D eigenvalue weighted by Crippen LogP contribution is -2.40. The fourth-order valence-corrected chi connectivity index (χ4v) is 2.98. The molecule has 6 nitrogen and oxygen atoms in total. The number of rotatable bonds is 8. The molecule has 2 aromatic rings. The van der Waals surface area contributed by atoms with Gasteiger partial charge in [0, 0.05) is 18.3 Å². The van der Waals surface area contributed by atoms with Crippen LogP contribution in [0.2, 0.25) is 0 Å². The molecular formula is C20H26N2O4S. The van der Waals surface area contributed by atoms with Crippen LogP contribution in [0.5, 0.6) is 5.75 Å². The number of nitrogens with zero attached hydrogens (tertiary/aromatic N) is 1. The topological polar surface area (TPSA) is 75.7 Å². The van der Waals surface area contributed by atoms with Crippen LogP contribution in [0.4, 0.5) is 10.5 Å². The van der Waals surface area contributed by atoms with Gasteiger partial charge in [0.1, 0.15) is 5.75 Å². The molecule has 2 amide bonds. The van der Waals surface area contributed by atoms with Crippen LogP contribution in [0.15, 0.2) is 54.6 Å². The second-order valence-electron chi connectivity index (χ2n) is 6.26. The Bertz CT molecular complexity index is 853. The molecule has 0 spiro atoms. The first-order valence-electron chi connectivity index (χ1n) is 8.98. The molecule has 0 saturated carbocycles. The summed E-state index contributed by atoms with van der Waals surface area (Å²) < 4.78 is 28.4. The number of carbonyl (C=O) groups excluding carboxylic acids is 1. The lowest BCUT2D eigenvalue weighted by molar-refractivity contribution is 0.187. The van der Waals surface area contributed by atoms with Gasteiger partial charge in [-0.2, -0.15) is 8.42 Å². The lowest BCUT2D eigenvalue weighted by atomic mass is 10.1. The molecule has 0 saturated heterocycles. The van der Waals surface area contributed by atoms with Crippen LogP contribution < -0.4 is 9.50 Å². The maximum atomic E-state index is 12.8. The highest BCUT2D eigenvalue weighted by atomic mass is 32.2. The Hall–Kier alpha value is -2.54. The van der Waals surface area contributed by atoms with Crippen molar-refractivity contribution >= 4 is 21.8 Å². The summed E-state index contributed by atoms with van der Waals surface area (Å²) >= 11 is 0. The smallest absolute Gasteiger partial charge is 0.322 e. The molecular weight excluding hydrogens is 364 g/mol. The second kappa shape index (κ2) is 9.41. The Labute approximate surface area is 161 Å². The fourth-order valence-electron chi connectivity index (χ4n) is 2.46. The van der Waals surface area contributed by atoms with E-state index in [-0.39, 0.29) is 23.6 Å². The normalized spacial score (nSPS) is 12.3. The first-order valence-corrected chi connectivity index (χ1v) is 10.6. The SMILES string of the molecule is CCC(C)N(Cc1cccc(OS(=O)(=O)CC)c1)C(=O)Nc1ccccc1. The van der Waals surface area contributed by atoms with E-state index >= 15 is 0 Å². The van der Waals surface area contributed by atoms with Crippen molar-refractivity contribution in [1.82, 2.24) is 4.90 Å². The summed E-state index contributed by atoms with van der Waals surface area (Å²) in [7, 11) is -3.59. The minimum atomic E-state index is -3.59. The average molecular weight is 391 g/mol. The number of nitrogens with one attached hydrogen (secondary N) is 1. The molecule has 146 valence electrons. The van der Waals surface area contributed by atoms with Gasteiger partial charge < -0.3 is 14.4 Å². The summed E-state index contributed by atoms with van der Waals surface area (Å²) in [6.07, 6.45) is 0.794. The number of para-hydroxylation sites is 1. The van der Waals surface area contributed by atoms with Gasteiger partial charge >= 0.3 is 16.1 Å². The summed E-state index contributed by atoms with van der Waals surface area (Å²) in [5.74, 6) is 0.150. The molecule has 0 fully saturated rings. The highest BCUT2D eigenvalue weighted by Crippen LogP contribution is 2.19. The monoisotopic (exact) mass is 390 g/mol. The van der Waals surface area contributed by atoms with Crippen molar-refractivity contribution in [1.29, 1.82) is 0 Å². The highest BCUT2D eigenvalue weighted by Gasteiger charge is 2.20. The summed E-state index contributed by atoms with van der Waals surface area (Å²) in [6, 6.07) is 15.9. The Balaban J connectivity index is 2.17. The summed E-state index contributed by atoms with van der Waals surface area (Å²) in [5, 5.41) is 2.90. The quantitative estimate of drug-likeness (QED) is 0.684. The predicted molar refractivity (Wildman–Crippen MR) is 107 cm³/mol. The molecule has 0 radical (unpaired) electrons. The van der Waals surface area contributed by atoms with E-state index in [1.165, 1.54) is 6.92 Å². The predicted octanol–water partition coefficient (Wildman–Crippen LogP) is 4.25. The third-order valence-corrected chi connectivity index (χ3v) is 5.39. The number of benzene rings is 2. The van der Waals surface area contributed by atoms with Crippen LogP contribution in [0, 0.1) is 0 Å². The van der Waals surface area contributed by atoms with Crippen LogP contribution in [0.25, 0.3) is 0 Å². The average Bonchev–Trinajstić information content (AvgIpc) is 2.66. The molecule has 2 rings (SSSR count). The molecule has 2 aromatic carbocycles. The van der Waals surface area contributed by atoms with E-state index in [1.54, 1.807) is 23.1 Å². The van der Waals surface area contributed by atoms with Gasteiger partial charge in [-0.05, 0) is 50.1 Å². The zero-order chi connectivity index (χ0) is 19.9. The van der Waals surface area contributed by atoms with Gasteiger partial charge in [-0.25, -0.2) is 4.79 Å². The van der Waals surface area contributed by atoms with E-state index in [1.807, 2.05) is 50.2 Å². The number of anilines is 1. The molecule has 0 bridgehead atoms. The number of urea groups is 1. The largest absolute Gasteiger partial charge is 0.382 e. The molecule has 7 heteroatoms. The van der Waals surface area contributed by atoms with Gasteiger partial charge in [0.15, 0.2) is 0 Å². The highest BCUT2D eigenvalue weighted by molar-refractivity contribution is 7.87. The Morgan fingerprint density at radius 3 is 2.44 bits per heavy atom. The molecule has 1 atom stereocenters. The van der Waals surface area contributed by atoms with Crippen LogP contribution in [-0.4, -0.2) is 31.1 Å². The lowest BCUT2D eigenvalue weighted by Gasteiger charge is -2.29. The van der Waals surface area contributed by atoms with Crippen LogP contribution >= 0.6 is 0 Å². The van der Waals surface area contributed by atoms with Crippen LogP contribution in [0.3, 0.4) is 0 Å². The van der Waals surface area contributed by atoms with E-state index in [2.05, 4.69) is 5.32 Å². The minimum absolute atomic E-state index is 0.0117. The van der Waals surface area contributed by atoms with E-state index in [0.29, 0.717) is 6.54 Å². The minimum Gasteiger partial charge on any atom is -0.382 e. The van der Waals surface area contributed by atoms with Crippen LogP contribution in [0.1, 0.15) is 32.8 Å². The van der Waals surface area contributed by atoms with Crippen molar-refractivity contribution in [3.05, 3.63) is 60.2 Å². The van der Waals surface area contributed by atoms with Crippen molar-refractivity contribution in [2.24, 2.45) is 0 Å². The van der Waals surface area contributed by atoms with Crippen molar-refractivity contribution in [2.45, 2.75) is 39.8 Å². The molecule has 1 N–H and O–H groups in total. The number of hydrogen-bond acceptors (Lipinski definition) is 4. The van der Waals surface area contributed by atoms with Gasteiger partial charge in [-0.1, -0.05) is 37.3 Å². The van der Waals surface area contributed by atoms with Crippen molar-refractivity contribution < 1.29 is 17.4 Å². The third-order valence-electron chi connectivity index (χ3n) is 4.24. The molecule has 1 unspecified atom stereocenters. The Morgan fingerprint density at radius 2 is 1.81 bits per heavy atom. The van der Waals surface area contributed by atoms with E-state index in [4.69, 9.17) is 4.18 Å². The van der Waals surface area contributed by atoms with Gasteiger partial charge in [-0.3, -0.25) is 0 Å². The first kappa shape index (κ1) is 20.8. The van der Waals surface area contributed by atoms with Crippen molar-refractivity contribution in [3.8, 4) is 5.75 Å². The molecule has 0 aromatic heterocycles. The zero-order valence-corrected chi connectivity index (χ0v) is 16.7. The Kier molecular flexibility index (Phi) is 7.24. The molecule has 0 heterocycles.